The summed E-state index contributed by atoms with van der Waals surface area (Å²) in [5.74, 6) is -0.495. The second-order valence-electron chi connectivity index (χ2n) is 6.78. The van der Waals surface area contributed by atoms with Crippen LogP contribution in [-0.2, 0) is 22.6 Å². The molecule has 0 aliphatic heterocycles. The number of fused-ring (bicyclic) bond motifs is 1. The van der Waals surface area contributed by atoms with Crippen molar-refractivity contribution in [2.45, 2.75) is 19.0 Å². The number of rotatable bonds is 8. The summed E-state index contributed by atoms with van der Waals surface area (Å²) in [5, 5.41) is 15.4. The molecule has 1 heterocycles. The largest absolute Gasteiger partial charge is 0.497 e. The molecule has 1 atom stereocenters. The number of carbonyl (C=O) groups is 2. The Morgan fingerprint density at radius 2 is 2.00 bits per heavy atom. The van der Waals surface area contributed by atoms with E-state index in [2.05, 4.69) is 33.2 Å². The fraction of sp³-hybridized carbons (Fsp3) is 0.227. The molecule has 1 aromatic heterocycles. The van der Waals surface area contributed by atoms with Crippen LogP contribution >= 0.6 is 22.6 Å². The number of amides is 2. The topological polar surface area (TPSA) is 118 Å². The Balaban J connectivity index is 1.67. The number of aliphatic hydroxyl groups excluding tert-OH is 1. The van der Waals surface area contributed by atoms with Crippen LogP contribution in [0.3, 0.4) is 0 Å². The SMILES string of the molecule is COc1ccc2c(CC(=O)NC(CO)C(=O)NCc3cccc(I)c3)cc(=O)oc2c1. The van der Waals surface area contributed by atoms with Crippen molar-refractivity contribution < 1.29 is 23.8 Å². The fourth-order valence-electron chi connectivity index (χ4n) is 3.06. The minimum atomic E-state index is -1.11. The van der Waals surface area contributed by atoms with E-state index in [0.29, 0.717) is 22.3 Å². The summed E-state index contributed by atoms with van der Waals surface area (Å²) in [7, 11) is 1.50. The zero-order chi connectivity index (χ0) is 22.4. The van der Waals surface area contributed by atoms with Gasteiger partial charge in [0.25, 0.3) is 0 Å². The first kappa shape index (κ1) is 22.8. The van der Waals surface area contributed by atoms with E-state index in [1.54, 1.807) is 18.2 Å². The van der Waals surface area contributed by atoms with Gasteiger partial charge in [0.1, 0.15) is 17.4 Å². The molecule has 0 saturated heterocycles. The highest BCUT2D eigenvalue weighted by molar-refractivity contribution is 14.1. The molecule has 8 nitrogen and oxygen atoms in total. The highest BCUT2D eigenvalue weighted by atomic mass is 127. The number of benzene rings is 2. The van der Waals surface area contributed by atoms with Gasteiger partial charge in [-0.25, -0.2) is 4.79 Å². The third kappa shape index (κ3) is 6.05. The second-order valence-corrected chi connectivity index (χ2v) is 8.03. The van der Waals surface area contributed by atoms with Crippen molar-refractivity contribution in [3.8, 4) is 5.75 Å². The highest BCUT2D eigenvalue weighted by Gasteiger charge is 2.20. The molecule has 1 unspecified atom stereocenters. The first-order valence-corrected chi connectivity index (χ1v) is 10.5. The van der Waals surface area contributed by atoms with E-state index in [0.717, 1.165) is 9.13 Å². The lowest BCUT2D eigenvalue weighted by Gasteiger charge is -2.16. The zero-order valence-corrected chi connectivity index (χ0v) is 18.8. The van der Waals surface area contributed by atoms with Gasteiger partial charge in [0.05, 0.1) is 20.1 Å². The minimum Gasteiger partial charge on any atom is -0.497 e. The summed E-state index contributed by atoms with van der Waals surface area (Å²) >= 11 is 2.18. The molecule has 162 valence electrons. The number of hydrogen-bond donors (Lipinski definition) is 3. The molecule has 9 heteroatoms. The maximum atomic E-state index is 12.5. The Morgan fingerprint density at radius 3 is 2.71 bits per heavy atom. The number of halogens is 1. The number of carbonyl (C=O) groups excluding carboxylic acids is 2. The van der Waals surface area contributed by atoms with Gasteiger partial charge in [0, 0.05) is 27.6 Å². The third-order valence-electron chi connectivity index (χ3n) is 4.58. The number of hydrogen-bond acceptors (Lipinski definition) is 6. The Bertz CT molecular complexity index is 1160. The number of aliphatic hydroxyl groups is 1. The quantitative estimate of drug-likeness (QED) is 0.298. The van der Waals surface area contributed by atoms with Gasteiger partial charge >= 0.3 is 5.63 Å². The van der Waals surface area contributed by atoms with Crippen molar-refractivity contribution in [2.75, 3.05) is 13.7 Å². The zero-order valence-electron chi connectivity index (χ0n) is 16.7. The smallest absolute Gasteiger partial charge is 0.336 e. The molecule has 0 aliphatic rings. The summed E-state index contributed by atoms with van der Waals surface area (Å²) in [6.07, 6.45) is -0.158. The molecule has 3 rings (SSSR count). The van der Waals surface area contributed by atoms with E-state index in [4.69, 9.17) is 9.15 Å². The van der Waals surface area contributed by atoms with Crippen molar-refractivity contribution >= 4 is 45.4 Å². The Kier molecular flexibility index (Phi) is 7.64. The van der Waals surface area contributed by atoms with Gasteiger partial charge in [0.2, 0.25) is 11.8 Å². The average molecular weight is 536 g/mol. The van der Waals surface area contributed by atoms with Gasteiger partial charge < -0.3 is 24.9 Å². The molecule has 0 fully saturated rings. The molecule has 0 radical (unpaired) electrons. The van der Waals surface area contributed by atoms with Crippen molar-refractivity contribution in [2.24, 2.45) is 0 Å². The molecule has 2 aromatic carbocycles. The predicted octanol–water partition coefficient (Wildman–Crippen LogP) is 1.74. The molecule has 3 aromatic rings. The van der Waals surface area contributed by atoms with Crippen molar-refractivity contribution in [3.05, 3.63) is 73.6 Å². The normalized spacial score (nSPS) is 11.7. The summed E-state index contributed by atoms with van der Waals surface area (Å²) < 4.78 is 11.3. The molecule has 0 bridgehead atoms. The molecule has 3 N–H and O–H groups in total. The summed E-state index contributed by atoms with van der Waals surface area (Å²) in [4.78, 5) is 36.8. The number of nitrogens with one attached hydrogen (secondary N) is 2. The first-order chi connectivity index (χ1) is 14.9. The molecular formula is C22H21IN2O6. The van der Waals surface area contributed by atoms with Gasteiger partial charge in [-0.05, 0) is 58.0 Å². The van der Waals surface area contributed by atoms with Gasteiger partial charge in [-0.15, -0.1) is 0 Å². The highest BCUT2D eigenvalue weighted by Crippen LogP contribution is 2.22. The summed E-state index contributed by atoms with van der Waals surface area (Å²) in [6.45, 7) is -0.285. The Hall–Kier alpha value is -2.92. The Labute approximate surface area is 191 Å². The van der Waals surface area contributed by atoms with Crippen molar-refractivity contribution in [1.82, 2.24) is 10.6 Å². The second kappa shape index (κ2) is 10.4. The number of methoxy groups -OCH3 is 1. The molecule has 31 heavy (non-hydrogen) atoms. The third-order valence-corrected chi connectivity index (χ3v) is 5.25. The molecule has 0 aliphatic carbocycles. The van der Waals surface area contributed by atoms with Gasteiger partial charge in [-0.1, -0.05) is 12.1 Å². The molecule has 0 saturated carbocycles. The van der Waals surface area contributed by atoms with Crippen LogP contribution in [0.4, 0.5) is 0 Å². The van der Waals surface area contributed by atoms with Crippen LogP contribution in [0.25, 0.3) is 11.0 Å². The van der Waals surface area contributed by atoms with E-state index in [1.807, 2.05) is 24.3 Å². The van der Waals surface area contributed by atoms with Crippen molar-refractivity contribution in [3.63, 3.8) is 0 Å². The lowest BCUT2D eigenvalue weighted by atomic mass is 10.1. The van der Waals surface area contributed by atoms with E-state index >= 15 is 0 Å². The van der Waals surface area contributed by atoms with Crippen LogP contribution < -0.4 is 21.0 Å². The van der Waals surface area contributed by atoms with Crippen LogP contribution in [0.2, 0.25) is 0 Å². The lowest BCUT2D eigenvalue weighted by molar-refractivity contribution is -0.129. The van der Waals surface area contributed by atoms with Gasteiger partial charge in [0.15, 0.2) is 0 Å². The summed E-state index contributed by atoms with van der Waals surface area (Å²) in [5.41, 5.74) is 1.05. The van der Waals surface area contributed by atoms with E-state index in [9.17, 15) is 19.5 Å². The minimum absolute atomic E-state index is 0.158. The maximum absolute atomic E-state index is 12.5. The maximum Gasteiger partial charge on any atom is 0.336 e. The lowest BCUT2D eigenvalue weighted by Crippen LogP contribution is -2.49. The van der Waals surface area contributed by atoms with Crippen molar-refractivity contribution in [1.29, 1.82) is 0 Å². The summed E-state index contributed by atoms with van der Waals surface area (Å²) in [6, 6.07) is 12.7. The molecule has 2 amide bonds. The molecular weight excluding hydrogens is 515 g/mol. The van der Waals surface area contributed by atoms with Crippen LogP contribution in [-0.4, -0.2) is 36.7 Å². The van der Waals surface area contributed by atoms with Gasteiger partial charge in [-0.2, -0.15) is 0 Å². The van der Waals surface area contributed by atoms with E-state index in [1.165, 1.54) is 13.2 Å². The average Bonchev–Trinajstić information content (AvgIpc) is 2.75. The molecule has 0 spiro atoms. The van der Waals surface area contributed by atoms with Crippen LogP contribution in [0.15, 0.2) is 57.7 Å². The van der Waals surface area contributed by atoms with E-state index in [-0.39, 0.29) is 13.0 Å². The Morgan fingerprint density at radius 1 is 1.19 bits per heavy atom. The fourth-order valence-corrected chi connectivity index (χ4v) is 3.66. The monoisotopic (exact) mass is 536 g/mol. The van der Waals surface area contributed by atoms with Gasteiger partial charge in [-0.3, -0.25) is 9.59 Å². The number of ether oxygens (including phenoxy) is 1. The first-order valence-electron chi connectivity index (χ1n) is 9.42. The van der Waals surface area contributed by atoms with Crippen LogP contribution in [0.1, 0.15) is 11.1 Å². The standard InChI is InChI=1S/C22H21IN2O6/c1-30-16-5-6-17-14(9-21(28)31-19(17)10-16)8-20(27)25-18(12-26)22(29)24-11-13-3-2-4-15(23)7-13/h2-7,9-10,18,26H,8,11-12H2,1H3,(H,24,29)(H,25,27). The predicted molar refractivity (Wildman–Crippen MR) is 123 cm³/mol. The van der Waals surface area contributed by atoms with E-state index < -0.39 is 30.1 Å². The van der Waals surface area contributed by atoms with Crippen LogP contribution in [0.5, 0.6) is 5.75 Å². The van der Waals surface area contributed by atoms with Crippen LogP contribution in [0, 0.1) is 3.57 Å².